The van der Waals surface area contributed by atoms with Gasteiger partial charge in [-0.1, -0.05) is 18.2 Å². The Kier molecular flexibility index (Phi) is 4.01. The number of nitrogens with zero attached hydrogens (tertiary/aromatic N) is 1. The summed E-state index contributed by atoms with van der Waals surface area (Å²) in [5, 5.41) is 4.16. The molecule has 0 aliphatic rings. The zero-order valence-electron chi connectivity index (χ0n) is 11.8. The number of fused-ring (bicyclic) bond motifs is 1. The van der Waals surface area contributed by atoms with Gasteiger partial charge in [-0.15, -0.1) is 11.3 Å². The standard InChI is InChI=1S/C16H17N3OS/c1-11-15(21-10-19-11)9-18-16(20)7-6-12-8-17-14-5-3-2-4-13(12)14/h2-5,8,10,17H,6-7,9H2,1H3,(H,18,20). The molecule has 3 aromatic rings. The summed E-state index contributed by atoms with van der Waals surface area (Å²) in [5.74, 6) is 0.0769. The van der Waals surface area contributed by atoms with E-state index in [1.54, 1.807) is 11.3 Å². The number of para-hydroxylation sites is 1. The molecule has 2 N–H and O–H groups in total. The molecule has 5 heteroatoms. The minimum Gasteiger partial charge on any atom is -0.361 e. The first kappa shape index (κ1) is 13.8. The van der Waals surface area contributed by atoms with Gasteiger partial charge < -0.3 is 10.3 Å². The molecule has 4 nitrogen and oxygen atoms in total. The number of thiazole rings is 1. The van der Waals surface area contributed by atoms with Gasteiger partial charge in [-0.05, 0) is 25.0 Å². The lowest BCUT2D eigenvalue weighted by Crippen LogP contribution is -2.22. The average Bonchev–Trinajstić information content (AvgIpc) is 3.09. The smallest absolute Gasteiger partial charge is 0.220 e. The highest BCUT2D eigenvalue weighted by atomic mass is 32.1. The summed E-state index contributed by atoms with van der Waals surface area (Å²) >= 11 is 1.58. The van der Waals surface area contributed by atoms with E-state index >= 15 is 0 Å². The van der Waals surface area contributed by atoms with Crippen molar-refractivity contribution in [2.45, 2.75) is 26.3 Å². The normalized spacial score (nSPS) is 10.9. The third kappa shape index (κ3) is 3.13. The van der Waals surface area contributed by atoms with Gasteiger partial charge in [-0.3, -0.25) is 4.79 Å². The molecule has 0 saturated carbocycles. The van der Waals surface area contributed by atoms with Crippen LogP contribution in [0.4, 0.5) is 0 Å². The lowest BCUT2D eigenvalue weighted by Gasteiger charge is -2.04. The van der Waals surface area contributed by atoms with Gasteiger partial charge in [0, 0.05) is 28.4 Å². The number of hydrogen-bond acceptors (Lipinski definition) is 3. The van der Waals surface area contributed by atoms with E-state index in [0.717, 1.165) is 22.5 Å². The highest BCUT2D eigenvalue weighted by Gasteiger charge is 2.08. The molecule has 21 heavy (non-hydrogen) atoms. The predicted molar refractivity (Wildman–Crippen MR) is 85.3 cm³/mol. The van der Waals surface area contributed by atoms with Crippen molar-refractivity contribution < 1.29 is 4.79 Å². The van der Waals surface area contributed by atoms with Gasteiger partial charge >= 0.3 is 0 Å². The molecule has 0 unspecified atom stereocenters. The fraction of sp³-hybridized carbons (Fsp3) is 0.250. The van der Waals surface area contributed by atoms with Gasteiger partial charge in [-0.25, -0.2) is 4.98 Å². The van der Waals surface area contributed by atoms with Crippen LogP contribution < -0.4 is 5.32 Å². The van der Waals surface area contributed by atoms with Gasteiger partial charge in [-0.2, -0.15) is 0 Å². The zero-order chi connectivity index (χ0) is 14.7. The van der Waals surface area contributed by atoms with Crippen molar-refractivity contribution in [2.75, 3.05) is 0 Å². The van der Waals surface area contributed by atoms with Gasteiger partial charge in [0.2, 0.25) is 5.91 Å². The number of aryl methyl sites for hydroxylation is 2. The van der Waals surface area contributed by atoms with E-state index in [1.165, 1.54) is 10.9 Å². The number of H-pyrrole nitrogens is 1. The van der Waals surface area contributed by atoms with Gasteiger partial charge in [0.05, 0.1) is 17.7 Å². The summed E-state index contributed by atoms with van der Waals surface area (Å²) in [7, 11) is 0. The number of benzene rings is 1. The van der Waals surface area contributed by atoms with Crippen molar-refractivity contribution in [3.05, 3.63) is 52.1 Å². The van der Waals surface area contributed by atoms with Crippen LogP contribution in [0.25, 0.3) is 10.9 Å². The van der Waals surface area contributed by atoms with Crippen molar-refractivity contribution in [1.29, 1.82) is 0 Å². The van der Waals surface area contributed by atoms with Crippen LogP contribution in [0.1, 0.15) is 22.6 Å². The van der Waals surface area contributed by atoms with Crippen LogP contribution in [0.3, 0.4) is 0 Å². The molecule has 2 aromatic heterocycles. The third-order valence-corrected chi connectivity index (χ3v) is 4.52. The first-order valence-corrected chi connectivity index (χ1v) is 7.82. The quantitative estimate of drug-likeness (QED) is 0.760. The average molecular weight is 299 g/mol. The second kappa shape index (κ2) is 6.10. The monoisotopic (exact) mass is 299 g/mol. The molecule has 2 heterocycles. The maximum atomic E-state index is 11.9. The Morgan fingerprint density at radius 1 is 1.38 bits per heavy atom. The van der Waals surface area contributed by atoms with Crippen LogP contribution in [-0.2, 0) is 17.8 Å². The zero-order valence-corrected chi connectivity index (χ0v) is 12.7. The molecule has 0 saturated heterocycles. The number of carbonyl (C=O) groups excluding carboxylic acids is 1. The van der Waals surface area contributed by atoms with Crippen molar-refractivity contribution >= 4 is 28.1 Å². The highest BCUT2D eigenvalue weighted by Crippen LogP contribution is 2.19. The fourth-order valence-corrected chi connectivity index (χ4v) is 3.07. The van der Waals surface area contributed by atoms with Crippen LogP contribution in [0, 0.1) is 6.92 Å². The first-order chi connectivity index (χ1) is 10.2. The van der Waals surface area contributed by atoms with Gasteiger partial charge in [0.25, 0.3) is 0 Å². The Balaban J connectivity index is 1.55. The van der Waals surface area contributed by atoms with Crippen LogP contribution in [-0.4, -0.2) is 15.9 Å². The molecule has 0 spiro atoms. The SMILES string of the molecule is Cc1ncsc1CNC(=O)CCc1c[nH]c2ccccc12. The number of rotatable bonds is 5. The van der Waals surface area contributed by atoms with E-state index in [-0.39, 0.29) is 5.91 Å². The summed E-state index contributed by atoms with van der Waals surface area (Å²) in [6.45, 7) is 2.53. The number of carbonyl (C=O) groups is 1. The van der Waals surface area contributed by atoms with Crippen molar-refractivity contribution in [3.8, 4) is 0 Å². The van der Waals surface area contributed by atoms with Crippen LogP contribution in [0.2, 0.25) is 0 Å². The van der Waals surface area contributed by atoms with Crippen molar-refractivity contribution in [3.63, 3.8) is 0 Å². The molecule has 0 bridgehead atoms. The lowest BCUT2D eigenvalue weighted by atomic mass is 10.1. The first-order valence-electron chi connectivity index (χ1n) is 6.94. The maximum absolute atomic E-state index is 11.9. The molecule has 0 atom stereocenters. The van der Waals surface area contributed by atoms with Crippen LogP contribution in [0.5, 0.6) is 0 Å². The van der Waals surface area contributed by atoms with E-state index in [0.29, 0.717) is 13.0 Å². The number of aromatic amines is 1. The van der Waals surface area contributed by atoms with Gasteiger partial charge in [0.1, 0.15) is 0 Å². The number of hydrogen-bond donors (Lipinski definition) is 2. The summed E-state index contributed by atoms with van der Waals surface area (Å²) in [6, 6.07) is 8.16. The second-order valence-electron chi connectivity index (χ2n) is 5.00. The number of amides is 1. The summed E-state index contributed by atoms with van der Waals surface area (Å²) in [4.78, 5) is 20.5. The third-order valence-electron chi connectivity index (χ3n) is 3.59. The minimum absolute atomic E-state index is 0.0769. The molecule has 0 aliphatic carbocycles. The second-order valence-corrected chi connectivity index (χ2v) is 5.94. The molecule has 0 radical (unpaired) electrons. The number of nitrogens with one attached hydrogen (secondary N) is 2. The topological polar surface area (TPSA) is 57.8 Å². The molecule has 3 rings (SSSR count). The maximum Gasteiger partial charge on any atom is 0.220 e. The molecule has 1 amide bonds. The van der Waals surface area contributed by atoms with E-state index in [9.17, 15) is 4.79 Å². The fourth-order valence-electron chi connectivity index (χ4n) is 2.35. The predicted octanol–water partition coefficient (Wildman–Crippen LogP) is 3.18. The summed E-state index contributed by atoms with van der Waals surface area (Å²) < 4.78 is 0. The summed E-state index contributed by atoms with van der Waals surface area (Å²) in [6.07, 6.45) is 3.24. The van der Waals surface area contributed by atoms with Crippen molar-refractivity contribution in [1.82, 2.24) is 15.3 Å². The Labute approximate surface area is 127 Å². The van der Waals surface area contributed by atoms with E-state index in [4.69, 9.17) is 0 Å². The van der Waals surface area contributed by atoms with E-state index in [2.05, 4.69) is 21.4 Å². The van der Waals surface area contributed by atoms with Crippen molar-refractivity contribution in [2.24, 2.45) is 0 Å². The van der Waals surface area contributed by atoms with Crippen LogP contribution in [0.15, 0.2) is 36.0 Å². The highest BCUT2D eigenvalue weighted by molar-refractivity contribution is 7.09. The Morgan fingerprint density at radius 3 is 3.05 bits per heavy atom. The van der Waals surface area contributed by atoms with Gasteiger partial charge in [0.15, 0.2) is 0 Å². The largest absolute Gasteiger partial charge is 0.361 e. The molecule has 0 fully saturated rings. The lowest BCUT2D eigenvalue weighted by molar-refractivity contribution is -0.121. The van der Waals surface area contributed by atoms with E-state index in [1.807, 2.05) is 36.8 Å². The molecular formula is C16H17N3OS. The molecule has 108 valence electrons. The molecule has 0 aliphatic heterocycles. The minimum atomic E-state index is 0.0769. The van der Waals surface area contributed by atoms with Crippen LogP contribution >= 0.6 is 11.3 Å². The molecular weight excluding hydrogens is 282 g/mol. The molecule has 1 aromatic carbocycles. The Hall–Kier alpha value is -2.14. The Bertz CT molecular complexity index is 760. The summed E-state index contributed by atoms with van der Waals surface area (Å²) in [5.41, 5.74) is 5.11. The number of aromatic nitrogens is 2. The Morgan fingerprint density at radius 2 is 2.24 bits per heavy atom. The van der Waals surface area contributed by atoms with E-state index < -0.39 is 0 Å².